The highest BCUT2D eigenvalue weighted by molar-refractivity contribution is 5.48. The summed E-state index contributed by atoms with van der Waals surface area (Å²) in [6.45, 7) is 3.67. The predicted molar refractivity (Wildman–Crippen MR) is 49.4 cm³/mol. The van der Waals surface area contributed by atoms with Gasteiger partial charge >= 0.3 is 0 Å². The van der Waals surface area contributed by atoms with E-state index in [1.807, 2.05) is 12.1 Å². The summed E-state index contributed by atoms with van der Waals surface area (Å²) < 4.78 is 0. The molecule has 0 bridgehead atoms. The zero-order valence-corrected chi connectivity index (χ0v) is 7.01. The monoisotopic (exact) mass is 160 g/mol. The van der Waals surface area contributed by atoms with Crippen molar-refractivity contribution in [1.82, 2.24) is 0 Å². The molecule has 0 spiro atoms. The average molecular weight is 160 g/mol. The lowest BCUT2D eigenvalue weighted by atomic mass is 9.86. The van der Waals surface area contributed by atoms with Crippen LogP contribution in [0, 0.1) is 0 Å². The first-order chi connectivity index (χ1) is 5.81. The SMILES string of the molecule is C=CCc1cc(O)c2c(c1)CC2. The number of hydrogen-bond acceptors (Lipinski definition) is 1. The summed E-state index contributed by atoms with van der Waals surface area (Å²) >= 11 is 0. The first-order valence-corrected chi connectivity index (χ1v) is 4.26. The molecule has 0 radical (unpaired) electrons. The first-order valence-electron chi connectivity index (χ1n) is 4.26. The van der Waals surface area contributed by atoms with E-state index in [4.69, 9.17) is 0 Å². The quantitative estimate of drug-likeness (QED) is 0.658. The topological polar surface area (TPSA) is 20.2 Å². The molecule has 0 aliphatic heterocycles. The van der Waals surface area contributed by atoms with Crippen LogP contribution in [0.15, 0.2) is 24.8 Å². The molecule has 0 fully saturated rings. The van der Waals surface area contributed by atoms with E-state index in [9.17, 15) is 5.11 Å². The third kappa shape index (κ3) is 1.02. The molecule has 0 amide bonds. The molecule has 0 aromatic heterocycles. The highest BCUT2D eigenvalue weighted by Gasteiger charge is 2.17. The minimum atomic E-state index is 0.468. The van der Waals surface area contributed by atoms with Gasteiger partial charge in [0.05, 0.1) is 0 Å². The van der Waals surface area contributed by atoms with Gasteiger partial charge in [-0.2, -0.15) is 0 Å². The molecule has 1 nitrogen and oxygen atoms in total. The van der Waals surface area contributed by atoms with Crippen LogP contribution in [0.1, 0.15) is 16.7 Å². The average Bonchev–Trinajstić information content (AvgIpc) is 1.95. The summed E-state index contributed by atoms with van der Waals surface area (Å²) in [6.07, 6.45) is 4.87. The van der Waals surface area contributed by atoms with Gasteiger partial charge in [0.2, 0.25) is 0 Å². The van der Waals surface area contributed by atoms with Crippen molar-refractivity contribution in [2.24, 2.45) is 0 Å². The third-order valence-electron chi connectivity index (χ3n) is 2.40. The van der Waals surface area contributed by atoms with Crippen molar-refractivity contribution in [3.63, 3.8) is 0 Å². The molecule has 62 valence electrons. The van der Waals surface area contributed by atoms with Crippen molar-refractivity contribution in [3.8, 4) is 5.75 Å². The minimum Gasteiger partial charge on any atom is -0.508 e. The van der Waals surface area contributed by atoms with E-state index in [2.05, 4.69) is 12.6 Å². The molecule has 12 heavy (non-hydrogen) atoms. The maximum absolute atomic E-state index is 9.52. The maximum Gasteiger partial charge on any atom is 0.119 e. The first kappa shape index (κ1) is 7.41. The summed E-state index contributed by atoms with van der Waals surface area (Å²) in [5.74, 6) is 0.468. The number of rotatable bonds is 2. The molecule has 0 unspecified atom stereocenters. The van der Waals surface area contributed by atoms with Crippen LogP contribution in [0.5, 0.6) is 5.75 Å². The Morgan fingerprint density at radius 2 is 2.25 bits per heavy atom. The van der Waals surface area contributed by atoms with Crippen molar-refractivity contribution >= 4 is 0 Å². The van der Waals surface area contributed by atoms with Gasteiger partial charge in [-0.05, 0) is 42.0 Å². The molecular formula is C11H12O. The minimum absolute atomic E-state index is 0.468. The van der Waals surface area contributed by atoms with E-state index >= 15 is 0 Å². The second-order valence-electron chi connectivity index (χ2n) is 3.25. The smallest absolute Gasteiger partial charge is 0.119 e. The number of phenolic OH excluding ortho intramolecular Hbond substituents is 1. The van der Waals surface area contributed by atoms with Gasteiger partial charge in [0.15, 0.2) is 0 Å². The van der Waals surface area contributed by atoms with Crippen molar-refractivity contribution in [2.45, 2.75) is 19.3 Å². The van der Waals surface area contributed by atoms with E-state index in [0.29, 0.717) is 5.75 Å². The Balaban J connectivity index is 2.41. The van der Waals surface area contributed by atoms with Crippen molar-refractivity contribution in [1.29, 1.82) is 0 Å². The number of fused-ring (bicyclic) bond motifs is 1. The maximum atomic E-state index is 9.52. The highest BCUT2D eigenvalue weighted by Crippen LogP contribution is 2.32. The number of aromatic hydroxyl groups is 1. The standard InChI is InChI=1S/C11H12O/c1-2-3-8-6-9-4-5-10(9)11(12)7-8/h2,6-7,12H,1,3-5H2. The van der Waals surface area contributed by atoms with Gasteiger partial charge in [-0.15, -0.1) is 6.58 Å². The molecule has 1 aliphatic carbocycles. The Morgan fingerprint density at radius 3 is 2.75 bits per heavy atom. The Kier molecular flexibility index (Phi) is 1.65. The van der Waals surface area contributed by atoms with Crippen LogP contribution in [0.3, 0.4) is 0 Å². The lowest BCUT2D eigenvalue weighted by molar-refractivity contribution is 0.461. The van der Waals surface area contributed by atoms with Crippen LogP contribution in [0.2, 0.25) is 0 Å². The van der Waals surface area contributed by atoms with Crippen LogP contribution >= 0.6 is 0 Å². The summed E-state index contributed by atoms with van der Waals surface area (Å²) in [6, 6.07) is 4.01. The number of allylic oxidation sites excluding steroid dienone is 1. The largest absolute Gasteiger partial charge is 0.508 e. The molecule has 0 atom stereocenters. The fourth-order valence-electron chi connectivity index (χ4n) is 1.66. The van der Waals surface area contributed by atoms with E-state index < -0.39 is 0 Å². The summed E-state index contributed by atoms with van der Waals surface area (Å²) in [4.78, 5) is 0. The number of benzene rings is 1. The molecular weight excluding hydrogens is 148 g/mol. The highest BCUT2D eigenvalue weighted by atomic mass is 16.3. The molecule has 1 aromatic carbocycles. The fourth-order valence-corrected chi connectivity index (χ4v) is 1.66. The van der Waals surface area contributed by atoms with Crippen molar-refractivity contribution in [3.05, 3.63) is 41.5 Å². The Bertz CT molecular complexity index is 309. The van der Waals surface area contributed by atoms with Gasteiger partial charge in [0.1, 0.15) is 5.75 Å². The van der Waals surface area contributed by atoms with Crippen LogP contribution < -0.4 is 0 Å². The molecule has 0 heterocycles. The van der Waals surface area contributed by atoms with Crippen molar-refractivity contribution < 1.29 is 5.11 Å². The fraction of sp³-hybridized carbons (Fsp3) is 0.273. The summed E-state index contributed by atoms with van der Waals surface area (Å²) in [5, 5.41) is 9.52. The molecule has 0 saturated heterocycles. The van der Waals surface area contributed by atoms with E-state index in [-0.39, 0.29) is 0 Å². The molecule has 1 heteroatoms. The van der Waals surface area contributed by atoms with Crippen LogP contribution in [-0.4, -0.2) is 5.11 Å². The Labute approximate surface area is 72.4 Å². The second kappa shape index (κ2) is 2.67. The lowest BCUT2D eigenvalue weighted by Gasteiger charge is -2.20. The molecule has 1 aromatic rings. The lowest BCUT2D eigenvalue weighted by Crippen LogP contribution is -2.08. The van der Waals surface area contributed by atoms with Gasteiger partial charge < -0.3 is 5.11 Å². The van der Waals surface area contributed by atoms with Gasteiger partial charge in [-0.1, -0.05) is 12.1 Å². The second-order valence-corrected chi connectivity index (χ2v) is 3.25. The van der Waals surface area contributed by atoms with Crippen LogP contribution in [0.25, 0.3) is 0 Å². The van der Waals surface area contributed by atoms with Gasteiger partial charge in [-0.25, -0.2) is 0 Å². The summed E-state index contributed by atoms with van der Waals surface area (Å²) in [7, 11) is 0. The van der Waals surface area contributed by atoms with Gasteiger partial charge in [0, 0.05) is 0 Å². The van der Waals surface area contributed by atoms with E-state index in [1.165, 1.54) is 11.1 Å². The molecule has 2 rings (SSSR count). The van der Waals surface area contributed by atoms with Crippen LogP contribution in [0.4, 0.5) is 0 Å². The molecule has 1 aliphatic rings. The summed E-state index contributed by atoms with van der Waals surface area (Å²) in [5.41, 5.74) is 3.62. The van der Waals surface area contributed by atoms with Gasteiger partial charge in [-0.3, -0.25) is 0 Å². The third-order valence-corrected chi connectivity index (χ3v) is 2.40. The predicted octanol–water partition coefficient (Wildman–Crippen LogP) is 2.22. The van der Waals surface area contributed by atoms with E-state index in [1.54, 1.807) is 0 Å². The zero-order valence-electron chi connectivity index (χ0n) is 7.01. The molecule has 0 saturated carbocycles. The van der Waals surface area contributed by atoms with Crippen LogP contribution in [-0.2, 0) is 19.3 Å². The molecule has 1 N–H and O–H groups in total. The number of phenols is 1. The Morgan fingerprint density at radius 1 is 1.42 bits per heavy atom. The van der Waals surface area contributed by atoms with Crippen molar-refractivity contribution in [2.75, 3.05) is 0 Å². The Hall–Kier alpha value is -1.24. The van der Waals surface area contributed by atoms with E-state index in [0.717, 1.165) is 24.8 Å². The van der Waals surface area contributed by atoms with Gasteiger partial charge in [0.25, 0.3) is 0 Å². The number of aryl methyl sites for hydroxylation is 1. The normalized spacial score (nSPS) is 13.3. The number of hydrogen-bond donors (Lipinski definition) is 1. The zero-order chi connectivity index (χ0) is 8.55.